The summed E-state index contributed by atoms with van der Waals surface area (Å²) in [6.07, 6.45) is 5.78. The molecule has 0 aliphatic rings. The Labute approximate surface area is 172 Å². The van der Waals surface area contributed by atoms with E-state index in [0.29, 0.717) is 0 Å². The molecule has 0 atom stereocenters. The Kier molecular flexibility index (Phi) is 6.70. The number of halogens is 5. The van der Waals surface area contributed by atoms with Gasteiger partial charge in [0, 0.05) is 5.56 Å². The maximum Gasteiger partial charge on any atom is 0.170 e. The largest absolute Gasteiger partial charge is 0.206 e. The molecule has 0 aliphatic heterocycles. The van der Waals surface area contributed by atoms with Gasteiger partial charge in [-0.15, -0.1) is 0 Å². The summed E-state index contributed by atoms with van der Waals surface area (Å²) in [4.78, 5) is 0. The van der Waals surface area contributed by atoms with E-state index in [-0.39, 0.29) is 22.9 Å². The highest BCUT2D eigenvalue weighted by molar-refractivity contribution is 5.91. The quantitative estimate of drug-likeness (QED) is 0.216. The molecule has 0 saturated carbocycles. The molecule has 0 heterocycles. The smallest absolute Gasteiger partial charge is 0.170 e. The van der Waals surface area contributed by atoms with Crippen LogP contribution in [-0.2, 0) is 12.8 Å². The lowest BCUT2D eigenvalue weighted by molar-refractivity contribution is 0.505. The second-order valence-electron chi connectivity index (χ2n) is 6.98. The molecule has 0 N–H and O–H groups in total. The van der Waals surface area contributed by atoms with Gasteiger partial charge in [0.25, 0.3) is 0 Å². The predicted octanol–water partition coefficient (Wildman–Crippen LogP) is 8.09. The number of fused-ring (bicyclic) bond motifs is 1. The molecule has 0 saturated heterocycles. The maximum absolute atomic E-state index is 14.8. The molecule has 0 radical (unpaired) electrons. The average molecular weight is 416 g/mol. The van der Waals surface area contributed by atoms with Crippen molar-refractivity contribution in [2.75, 3.05) is 0 Å². The Morgan fingerprint density at radius 1 is 0.867 bits per heavy atom. The van der Waals surface area contributed by atoms with Gasteiger partial charge in [0.1, 0.15) is 5.82 Å². The molecule has 0 fully saturated rings. The molecule has 0 nitrogen and oxygen atoms in total. The highest BCUT2D eigenvalue weighted by atomic mass is 19.2. The van der Waals surface area contributed by atoms with E-state index in [1.807, 2.05) is 19.1 Å². The summed E-state index contributed by atoms with van der Waals surface area (Å²) in [5, 5.41) is -0.602. The fraction of sp³-hybridized carbons (Fsp3) is 0.200. The standard InChI is InChI=1S/C25H21F5/c1-3-5-6-7-15-8-10-17(11-9-15)22(27)23(28)19-14-18-13-12-16(4-2)21(26)20(18)25(30)24(19)29/h3,5,8-14H,4,6-7H2,1-2H3/b5-3+,23-22?. The van der Waals surface area contributed by atoms with E-state index in [1.165, 1.54) is 24.3 Å². The molecular weight excluding hydrogens is 395 g/mol. The van der Waals surface area contributed by atoms with Crippen LogP contribution in [0.5, 0.6) is 0 Å². The van der Waals surface area contributed by atoms with Crippen molar-refractivity contribution in [3.63, 3.8) is 0 Å². The van der Waals surface area contributed by atoms with Gasteiger partial charge < -0.3 is 0 Å². The molecular formula is C25H21F5. The van der Waals surface area contributed by atoms with Crippen molar-refractivity contribution in [2.45, 2.75) is 33.1 Å². The Morgan fingerprint density at radius 2 is 1.57 bits per heavy atom. The van der Waals surface area contributed by atoms with E-state index in [0.717, 1.165) is 24.5 Å². The van der Waals surface area contributed by atoms with Crippen molar-refractivity contribution in [2.24, 2.45) is 0 Å². The zero-order valence-corrected chi connectivity index (χ0v) is 16.7. The Hall–Kier alpha value is -2.95. The third-order valence-electron chi connectivity index (χ3n) is 5.06. The highest BCUT2D eigenvalue weighted by Gasteiger charge is 2.23. The van der Waals surface area contributed by atoms with Crippen LogP contribution in [0.1, 0.15) is 42.5 Å². The first kappa shape index (κ1) is 21.8. The minimum absolute atomic E-state index is 0.0409. The number of hydrogen-bond donors (Lipinski definition) is 0. The first-order valence-electron chi connectivity index (χ1n) is 9.74. The van der Waals surface area contributed by atoms with Crippen LogP contribution in [0.2, 0.25) is 0 Å². The van der Waals surface area contributed by atoms with Crippen LogP contribution in [0, 0.1) is 17.5 Å². The van der Waals surface area contributed by atoms with Crippen LogP contribution in [-0.4, -0.2) is 0 Å². The monoisotopic (exact) mass is 416 g/mol. The third kappa shape index (κ3) is 4.16. The van der Waals surface area contributed by atoms with Crippen molar-refractivity contribution in [1.82, 2.24) is 0 Å². The number of benzene rings is 3. The maximum atomic E-state index is 14.8. The molecule has 3 rings (SSSR count). The van der Waals surface area contributed by atoms with Gasteiger partial charge in [-0.1, -0.05) is 55.5 Å². The van der Waals surface area contributed by atoms with E-state index in [4.69, 9.17) is 0 Å². The molecule has 0 amide bonds. The third-order valence-corrected chi connectivity index (χ3v) is 5.06. The summed E-state index contributed by atoms with van der Waals surface area (Å²) >= 11 is 0. The molecule has 3 aromatic carbocycles. The van der Waals surface area contributed by atoms with E-state index < -0.39 is 40.1 Å². The van der Waals surface area contributed by atoms with Crippen LogP contribution < -0.4 is 0 Å². The molecule has 3 aromatic rings. The van der Waals surface area contributed by atoms with Gasteiger partial charge in [-0.05, 0) is 48.8 Å². The topological polar surface area (TPSA) is 0 Å². The lowest BCUT2D eigenvalue weighted by atomic mass is 9.99. The Bertz CT molecular complexity index is 1120. The molecule has 0 aliphatic carbocycles. The van der Waals surface area contributed by atoms with Gasteiger partial charge in [-0.25, -0.2) is 22.0 Å². The fourth-order valence-electron chi connectivity index (χ4n) is 3.34. The van der Waals surface area contributed by atoms with Crippen LogP contribution in [0.25, 0.3) is 22.4 Å². The van der Waals surface area contributed by atoms with Crippen molar-refractivity contribution < 1.29 is 22.0 Å². The summed E-state index contributed by atoms with van der Waals surface area (Å²) in [5.41, 5.74) is 0.188. The second-order valence-corrected chi connectivity index (χ2v) is 6.98. The summed E-state index contributed by atoms with van der Waals surface area (Å²) in [6, 6.07) is 9.81. The van der Waals surface area contributed by atoms with Crippen LogP contribution in [0.4, 0.5) is 22.0 Å². The van der Waals surface area contributed by atoms with Crippen molar-refractivity contribution in [3.8, 4) is 0 Å². The van der Waals surface area contributed by atoms with Crippen molar-refractivity contribution in [1.29, 1.82) is 0 Å². The lowest BCUT2D eigenvalue weighted by Gasteiger charge is -2.10. The van der Waals surface area contributed by atoms with Crippen molar-refractivity contribution >= 4 is 22.4 Å². The van der Waals surface area contributed by atoms with Gasteiger partial charge in [0.05, 0.1) is 10.9 Å². The van der Waals surface area contributed by atoms with Crippen LogP contribution in [0.3, 0.4) is 0 Å². The molecule has 5 heteroatoms. The van der Waals surface area contributed by atoms with E-state index in [9.17, 15) is 22.0 Å². The number of hydrogen-bond acceptors (Lipinski definition) is 0. The van der Waals surface area contributed by atoms with E-state index >= 15 is 0 Å². The van der Waals surface area contributed by atoms with E-state index in [1.54, 1.807) is 19.1 Å². The minimum Gasteiger partial charge on any atom is -0.206 e. The molecule has 156 valence electrons. The summed E-state index contributed by atoms with van der Waals surface area (Å²) in [6.45, 7) is 3.59. The number of rotatable bonds is 6. The van der Waals surface area contributed by atoms with Gasteiger partial charge in [-0.3, -0.25) is 0 Å². The second kappa shape index (κ2) is 9.24. The van der Waals surface area contributed by atoms with Gasteiger partial charge in [0.2, 0.25) is 0 Å². The summed E-state index contributed by atoms with van der Waals surface area (Å²) in [7, 11) is 0. The predicted molar refractivity (Wildman–Crippen MR) is 112 cm³/mol. The highest BCUT2D eigenvalue weighted by Crippen LogP contribution is 2.35. The molecule has 0 unspecified atom stereocenters. The van der Waals surface area contributed by atoms with Crippen molar-refractivity contribution in [3.05, 3.63) is 94.3 Å². The normalized spacial score (nSPS) is 12.6. The van der Waals surface area contributed by atoms with Gasteiger partial charge in [0.15, 0.2) is 23.3 Å². The van der Waals surface area contributed by atoms with E-state index in [2.05, 4.69) is 0 Å². The van der Waals surface area contributed by atoms with Crippen LogP contribution in [0.15, 0.2) is 54.6 Å². The zero-order valence-electron chi connectivity index (χ0n) is 16.7. The fourth-order valence-corrected chi connectivity index (χ4v) is 3.34. The average Bonchev–Trinajstić information content (AvgIpc) is 2.76. The Balaban J connectivity index is 2.03. The Morgan fingerprint density at radius 3 is 2.20 bits per heavy atom. The van der Waals surface area contributed by atoms with Gasteiger partial charge in [-0.2, -0.15) is 0 Å². The molecule has 0 spiro atoms. The number of allylic oxidation sites excluding steroid dienone is 2. The SMILES string of the molecule is C/C=C/CCc1ccc(C(F)=C(F)c2cc3ccc(CC)c(F)c3c(F)c2F)cc1. The van der Waals surface area contributed by atoms with Crippen LogP contribution >= 0.6 is 0 Å². The minimum atomic E-state index is -1.62. The molecule has 0 aromatic heterocycles. The summed E-state index contributed by atoms with van der Waals surface area (Å²) in [5.74, 6) is -6.88. The first-order chi connectivity index (χ1) is 14.4. The summed E-state index contributed by atoms with van der Waals surface area (Å²) < 4.78 is 72.9. The first-order valence-corrected chi connectivity index (χ1v) is 9.74. The molecule has 0 bridgehead atoms. The molecule has 30 heavy (non-hydrogen) atoms. The zero-order chi connectivity index (χ0) is 21.8. The number of aryl methyl sites for hydroxylation is 2. The lowest BCUT2D eigenvalue weighted by Crippen LogP contribution is -1.99. The van der Waals surface area contributed by atoms with Gasteiger partial charge >= 0.3 is 0 Å².